The average molecular weight is 185 g/mol. The van der Waals surface area contributed by atoms with Gasteiger partial charge in [0.2, 0.25) is 0 Å². The molecule has 0 radical (unpaired) electrons. The molecule has 3 heteroatoms. The van der Waals surface area contributed by atoms with Crippen LogP contribution in [-0.2, 0) is 7.05 Å². The van der Waals surface area contributed by atoms with Crippen molar-refractivity contribution in [2.75, 3.05) is 0 Å². The van der Waals surface area contributed by atoms with E-state index in [1.807, 2.05) is 36.9 Å². The molecule has 14 heavy (non-hydrogen) atoms. The van der Waals surface area contributed by atoms with Crippen molar-refractivity contribution in [1.29, 1.82) is 5.26 Å². The Bertz CT molecular complexity index is 505. The summed E-state index contributed by atoms with van der Waals surface area (Å²) in [5.74, 6) is -0.0956. The minimum atomic E-state index is -0.0956. The van der Waals surface area contributed by atoms with E-state index < -0.39 is 0 Å². The fourth-order valence-corrected chi connectivity index (χ4v) is 1.46. The second kappa shape index (κ2) is 3.15. The van der Waals surface area contributed by atoms with E-state index in [4.69, 9.17) is 5.26 Å². The molecule has 0 aromatic carbocycles. The lowest BCUT2D eigenvalue weighted by Crippen LogP contribution is -1.92. The molecule has 0 saturated carbocycles. The van der Waals surface area contributed by atoms with Crippen LogP contribution in [0, 0.1) is 11.3 Å². The van der Waals surface area contributed by atoms with Crippen molar-refractivity contribution < 1.29 is 0 Å². The minimum Gasteiger partial charge on any atom is -0.349 e. The SMILES string of the molecule is CC(C#N)c1cnc2ccn(C)c2c1. The van der Waals surface area contributed by atoms with Crippen molar-refractivity contribution in [3.63, 3.8) is 0 Å². The third-order valence-corrected chi connectivity index (χ3v) is 2.45. The molecule has 1 atom stereocenters. The highest BCUT2D eigenvalue weighted by molar-refractivity contribution is 5.76. The van der Waals surface area contributed by atoms with E-state index >= 15 is 0 Å². The Morgan fingerprint density at radius 1 is 1.57 bits per heavy atom. The Labute approximate surface area is 82.6 Å². The number of fused-ring (bicyclic) bond motifs is 1. The first-order valence-corrected chi connectivity index (χ1v) is 4.53. The van der Waals surface area contributed by atoms with E-state index in [2.05, 4.69) is 11.1 Å². The van der Waals surface area contributed by atoms with Gasteiger partial charge in [-0.1, -0.05) is 0 Å². The fourth-order valence-electron chi connectivity index (χ4n) is 1.46. The molecule has 0 aliphatic rings. The highest BCUT2D eigenvalue weighted by atomic mass is 14.9. The maximum absolute atomic E-state index is 8.80. The summed E-state index contributed by atoms with van der Waals surface area (Å²) in [6, 6.07) is 6.20. The molecule has 0 N–H and O–H groups in total. The predicted molar refractivity (Wildman–Crippen MR) is 54.7 cm³/mol. The Balaban J connectivity index is 2.61. The van der Waals surface area contributed by atoms with Crippen LogP contribution in [-0.4, -0.2) is 9.55 Å². The van der Waals surface area contributed by atoms with Gasteiger partial charge >= 0.3 is 0 Å². The quantitative estimate of drug-likeness (QED) is 0.683. The highest BCUT2D eigenvalue weighted by Gasteiger charge is 2.06. The smallest absolute Gasteiger partial charge is 0.0881 e. The van der Waals surface area contributed by atoms with Gasteiger partial charge in [0.25, 0.3) is 0 Å². The summed E-state index contributed by atoms with van der Waals surface area (Å²) in [5, 5.41) is 8.80. The van der Waals surface area contributed by atoms with Gasteiger partial charge in [-0.05, 0) is 24.6 Å². The van der Waals surface area contributed by atoms with E-state index in [0.29, 0.717) is 0 Å². The number of aryl methyl sites for hydroxylation is 1. The maximum Gasteiger partial charge on any atom is 0.0881 e. The minimum absolute atomic E-state index is 0.0956. The number of nitrogens with zero attached hydrogens (tertiary/aromatic N) is 3. The standard InChI is InChI=1S/C11H11N3/c1-8(6-12)9-5-11-10(13-7-9)3-4-14(11)2/h3-5,7-8H,1-2H3. The number of hydrogen-bond acceptors (Lipinski definition) is 2. The van der Waals surface area contributed by atoms with Gasteiger partial charge in [0.1, 0.15) is 0 Å². The summed E-state index contributed by atoms with van der Waals surface area (Å²) in [6.07, 6.45) is 3.74. The van der Waals surface area contributed by atoms with Crippen LogP contribution in [0.4, 0.5) is 0 Å². The number of hydrogen-bond donors (Lipinski definition) is 0. The largest absolute Gasteiger partial charge is 0.349 e. The lowest BCUT2D eigenvalue weighted by Gasteiger charge is -2.03. The van der Waals surface area contributed by atoms with Crippen LogP contribution in [0.1, 0.15) is 18.4 Å². The van der Waals surface area contributed by atoms with Crippen LogP contribution in [0.25, 0.3) is 11.0 Å². The summed E-state index contributed by atoms with van der Waals surface area (Å²) in [7, 11) is 1.98. The zero-order chi connectivity index (χ0) is 10.1. The zero-order valence-corrected chi connectivity index (χ0v) is 8.23. The van der Waals surface area contributed by atoms with Crippen molar-refractivity contribution >= 4 is 11.0 Å². The van der Waals surface area contributed by atoms with E-state index in [9.17, 15) is 0 Å². The third-order valence-electron chi connectivity index (χ3n) is 2.45. The topological polar surface area (TPSA) is 41.6 Å². The fraction of sp³-hybridized carbons (Fsp3) is 0.273. The number of rotatable bonds is 1. The van der Waals surface area contributed by atoms with Gasteiger partial charge in [0.05, 0.1) is 23.0 Å². The Kier molecular flexibility index (Phi) is 1.97. The van der Waals surface area contributed by atoms with E-state index in [0.717, 1.165) is 16.6 Å². The van der Waals surface area contributed by atoms with E-state index in [1.165, 1.54) is 0 Å². The van der Waals surface area contributed by atoms with Crippen molar-refractivity contribution in [3.8, 4) is 6.07 Å². The molecule has 3 nitrogen and oxygen atoms in total. The molecule has 2 aromatic rings. The normalized spacial score (nSPS) is 12.6. The van der Waals surface area contributed by atoms with Crippen molar-refractivity contribution in [2.45, 2.75) is 12.8 Å². The molecule has 1 unspecified atom stereocenters. The zero-order valence-electron chi connectivity index (χ0n) is 8.23. The first-order chi connectivity index (χ1) is 6.72. The highest BCUT2D eigenvalue weighted by Crippen LogP contribution is 2.19. The molecule has 0 aliphatic carbocycles. The first kappa shape index (κ1) is 8.76. The van der Waals surface area contributed by atoms with Crippen molar-refractivity contribution in [2.24, 2.45) is 7.05 Å². The van der Waals surface area contributed by atoms with E-state index in [-0.39, 0.29) is 5.92 Å². The summed E-state index contributed by atoms with van der Waals surface area (Å²) < 4.78 is 2.01. The van der Waals surface area contributed by atoms with Crippen LogP contribution in [0.2, 0.25) is 0 Å². The molecule has 0 aliphatic heterocycles. The third kappa shape index (κ3) is 1.25. The summed E-state index contributed by atoms with van der Waals surface area (Å²) in [6.45, 7) is 1.88. The number of aromatic nitrogens is 2. The monoisotopic (exact) mass is 185 g/mol. The second-order valence-electron chi connectivity index (χ2n) is 3.45. The van der Waals surface area contributed by atoms with Crippen molar-refractivity contribution in [3.05, 3.63) is 30.1 Å². The maximum atomic E-state index is 8.80. The molecule has 70 valence electrons. The van der Waals surface area contributed by atoms with Crippen LogP contribution in [0.3, 0.4) is 0 Å². The lowest BCUT2D eigenvalue weighted by molar-refractivity contribution is 0.947. The first-order valence-electron chi connectivity index (χ1n) is 4.53. The van der Waals surface area contributed by atoms with Gasteiger partial charge in [-0.2, -0.15) is 5.26 Å². The van der Waals surface area contributed by atoms with Crippen LogP contribution >= 0.6 is 0 Å². The summed E-state index contributed by atoms with van der Waals surface area (Å²) >= 11 is 0. The molecular weight excluding hydrogens is 174 g/mol. The molecule has 0 saturated heterocycles. The van der Waals surface area contributed by atoms with Gasteiger partial charge in [0.15, 0.2) is 0 Å². The van der Waals surface area contributed by atoms with E-state index in [1.54, 1.807) is 6.20 Å². The predicted octanol–water partition coefficient (Wildman–Crippen LogP) is 2.20. The molecule has 2 aromatic heterocycles. The van der Waals surface area contributed by atoms with Gasteiger partial charge < -0.3 is 4.57 Å². The van der Waals surface area contributed by atoms with Gasteiger partial charge in [-0.15, -0.1) is 0 Å². The second-order valence-corrected chi connectivity index (χ2v) is 3.45. The Morgan fingerprint density at radius 2 is 2.36 bits per heavy atom. The Hall–Kier alpha value is -1.82. The lowest BCUT2D eigenvalue weighted by atomic mass is 10.1. The average Bonchev–Trinajstić information content (AvgIpc) is 2.59. The number of pyridine rings is 1. The van der Waals surface area contributed by atoms with Crippen LogP contribution in [0.5, 0.6) is 0 Å². The van der Waals surface area contributed by atoms with Gasteiger partial charge in [-0.3, -0.25) is 4.98 Å². The molecule has 0 spiro atoms. The molecule has 0 amide bonds. The van der Waals surface area contributed by atoms with Gasteiger partial charge in [-0.25, -0.2) is 0 Å². The molecule has 2 heterocycles. The molecule has 0 bridgehead atoms. The van der Waals surface area contributed by atoms with Crippen LogP contribution < -0.4 is 0 Å². The van der Waals surface area contributed by atoms with Crippen LogP contribution in [0.15, 0.2) is 24.5 Å². The van der Waals surface area contributed by atoms with Gasteiger partial charge in [0, 0.05) is 19.4 Å². The molecule has 2 rings (SSSR count). The summed E-state index contributed by atoms with van der Waals surface area (Å²) in [5.41, 5.74) is 3.02. The summed E-state index contributed by atoms with van der Waals surface area (Å²) in [4.78, 5) is 4.30. The number of nitriles is 1. The van der Waals surface area contributed by atoms with Crippen molar-refractivity contribution in [1.82, 2.24) is 9.55 Å². The molecular formula is C11H11N3. The Morgan fingerprint density at radius 3 is 3.07 bits per heavy atom. The molecule has 0 fully saturated rings.